The molecule has 0 saturated carbocycles. The van der Waals surface area contributed by atoms with Gasteiger partial charge in [-0.25, -0.2) is 13.9 Å². The van der Waals surface area contributed by atoms with Gasteiger partial charge in [0.15, 0.2) is 0 Å². The lowest BCUT2D eigenvalue weighted by atomic mass is 10.2. The summed E-state index contributed by atoms with van der Waals surface area (Å²) in [6.07, 6.45) is 7.11. The van der Waals surface area contributed by atoms with Crippen LogP contribution >= 0.6 is 15.9 Å². The Balaban J connectivity index is 1.63. The van der Waals surface area contributed by atoms with Gasteiger partial charge in [0.2, 0.25) is 0 Å². The van der Waals surface area contributed by atoms with Crippen molar-refractivity contribution in [3.05, 3.63) is 54.1 Å². The van der Waals surface area contributed by atoms with Crippen molar-refractivity contribution in [3.8, 4) is 0 Å². The number of alkyl carbamates (subject to hydrolysis) is 1. The van der Waals surface area contributed by atoms with Gasteiger partial charge in [-0.15, -0.1) is 0 Å². The van der Waals surface area contributed by atoms with Crippen LogP contribution in [-0.2, 0) is 24.4 Å². The van der Waals surface area contributed by atoms with Gasteiger partial charge in [0.25, 0.3) is 5.82 Å². The fourth-order valence-electron chi connectivity index (χ4n) is 2.60. The number of benzene rings is 1. The molecule has 136 valence electrons. The topological polar surface area (TPSA) is 47.1 Å². The van der Waals surface area contributed by atoms with Crippen LogP contribution in [-0.4, -0.2) is 22.5 Å². The number of carbonyl (C=O) groups is 1. The number of halogens is 1. The Hall–Kier alpha value is -1.82. The summed E-state index contributed by atoms with van der Waals surface area (Å²) in [4.78, 5) is 11.7. The van der Waals surface area contributed by atoms with Crippen LogP contribution in [0.4, 0.5) is 4.79 Å². The standard InChI is InChI=1S/C19H26BrN3O2/c1-17-22(12-6-5-10-20)14-15-23(17)13-7-11-21-19(24)25-16-18-8-3-2-4-9-18/h2-4,8-9,14-15H,5-7,10-13,16H2,1H3/p+1. The minimum absolute atomic E-state index is 0.303. The molecular weight excluding hydrogens is 382 g/mol. The summed E-state index contributed by atoms with van der Waals surface area (Å²) in [6.45, 7) is 4.98. The quantitative estimate of drug-likeness (QED) is 0.371. The molecule has 2 aromatic rings. The average molecular weight is 409 g/mol. The van der Waals surface area contributed by atoms with Gasteiger partial charge >= 0.3 is 6.09 Å². The summed E-state index contributed by atoms with van der Waals surface area (Å²) >= 11 is 3.47. The van der Waals surface area contributed by atoms with Crippen molar-refractivity contribution < 1.29 is 14.1 Å². The highest BCUT2D eigenvalue weighted by Crippen LogP contribution is 2.02. The maximum absolute atomic E-state index is 11.7. The van der Waals surface area contributed by atoms with Gasteiger partial charge in [-0.1, -0.05) is 46.3 Å². The molecule has 2 rings (SSSR count). The lowest BCUT2D eigenvalue weighted by molar-refractivity contribution is -0.702. The zero-order valence-corrected chi connectivity index (χ0v) is 16.4. The van der Waals surface area contributed by atoms with Crippen molar-refractivity contribution in [3.63, 3.8) is 0 Å². The van der Waals surface area contributed by atoms with Crippen LogP contribution in [0.5, 0.6) is 0 Å². The number of ether oxygens (including phenoxy) is 1. The fraction of sp³-hybridized carbons (Fsp3) is 0.474. The Bertz CT molecular complexity index is 643. The van der Waals surface area contributed by atoms with Crippen molar-refractivity contribution in [2.24, 2.45) is 0 Å². The van der Waals surface area contributed by atoms with Crippen molar-refractivity contribution in [1.82, 2.24) is 9.88 Å². The number of nitrogens with one attached hydrogen (secondary N) is 1. The minimum Gasteiger partial charge on any atom is -0.445 e. The van der Waals surface area contributed by atoms with Gasteiger partial charge < -0.3 is 10.1 Å². The minimum atomic E-state index is -0.363. The molecule has 25 heavy (non-hydrogen) atoms. The second-order valence-electron chi connectivity index (χ2n) is 5.97. The third kappa shape index (κ3) is 6.90. The van der Waals surface area contributed by atoms with E-state index in [1.807, 2.05) is 30.3 Å². The summed E-state index contributed by atoms with van der Waals surface area (Å²) < 4.78 is 9.71. The van der Waals surface area contributed by atoms with E-state index in [-0.39, 0.29) is 6.09 Å². The summed E-state index contributed by atoms with van der Waals surface area (Å²) in [5, 5.41) is 3.86. The molecule has 0 bridgehead atoms. The molecule has 1 aromatic heterocycles. The van der Waals surface area contributed by atoms with Gasteiger partial charge in [0.1, 0.15) is 19.0 Å². The van der Waals surface area contributed by atoms with Crippen LogP contribution in [0.25, 0.3) is 0 Å². The first-order chi connectivity index (χ1) is 12.2. The Morgan fingerprint density at radius 3 is 2.80 bits per heavy atom. The molecule has 0 spiro atoms. The summed E-state index contributed by atoms with van der Waals surface area (Å²) in [5.74, 6) is 1.25. The lowest BCUT2D eigenvalue weighted by Gasteiger charge is -2.07. The van der Waals surface area contributed by atoms with Gasteiger partial charge in [-0.2, -0.15) is 0 Å². The molecule has 5 nitrogen and oxygen atoms in total. The first-order valence-electron chi connectivity index (χ1n) is 8.76. The third-order valence-corrected chi connectivity index (χ3v) is 4.66. The first kappa shape index (κ1) is 19.5. The first-order valence-corrected chi connectivity index (χ1v) is 9.88. The smallest absolute Gasteiger partial charge is 0.407 e. The van der Waals surface area contributed by atoms with Crippen LogP contribution in [0.1, 0.15) is 30.7 Å². The molecule has 0 unspecified atom stereocenters. The number of amides is 1. The molecule has 1 aromatic carbocycles. The summed E-state index contributed by atoms with van der Waals surface area (Å²) in [5.41, 5.74) is 0.991. The van der Waals surface area contributed by atoms with Gasteiger partial charge in [-0.05, 0) is 18.4 Å². The lowest BCUT2D eigenvalue weighted by Crippen LogP contribution is -2.37. The van der Waals surface area contributed by atoms with Crippen molar-refractivity contribution in [2.45, 2.75) is 45.9 Å². The predicted molar refractivity (Wildman–Crippen MR) is 102 cm³/mol. The Kier molecular flexibility index (Phi) is 8.52. The van der Waals surface area contributed by atoms with Crippen LogP contribution in [0.3, 0.4) is 0 Å². The van der Waals surface area contributed by atoms with Crippen LogP contribution < -0.4 is 9.88 Å². The average Bonchev–Trinajstić information content (AvgIpc) is 2.98. The maximum Gasteiger partial charge on any atom is 0.407 e. The molecule has 0 fully saturated rings. The number of hydrogen-bond acceptors (Lipinski definition) is 2. The van der Waals surface area contributed by atoms with Crippen LogP contribution in [0, 0.1) is 6.92 Å². The predicted octanol–water partition coefficient (Wildman–Crippen LogP) is 3.58. The van der Waals surface area contributed by atoms with E-state index in [4.69, 9.17) is 4.74 Å². The van der Waals surface area contributed by atoms with Gasteiger partial charge in [-0.3, -0.25) is 0 Å². The van der Waals surface area contributed by atoms with Crippen LogP contribution in [0.2, 0.25) is 0 Å². The SMILES string of the molecule is Cc1n(CCCCBr)cc[n+]1CCCNC(=O)OCc1ccccc1. The molecule has 1 N–H and O–H groups in total. The number of hydrogen-bond donors (Lipinski definition) is 1. The highest BCUT2D eigenvalue weighted by Gasteiger charge is 2.11. The number of imidazole rings is 1. The monoisotopic (exact) mass is 408 g/mol. The highest BCUT2D eigenvalue weighted by atomic mass is 79.9. The number of carbonyl (C=O) groups excluding carboxylic acids is 1. The van der Waals surface area contributed by atoms with Crippen LogP contribution in [0.15, 0.2) is 42.7 Å². The Labute approximate surface area is 158 Å². The molecule has 1 heterocycles. The number of rotatable bonds is 10. The number of nitrogens with zero attached hydrogens (tertiary/aromatic N) is 2. The maximum atomic E-state index is 11.7. The molecule has 6 heteroatoms. The van der Waals surface area contributed by atoms with E-state index in [9.17, 15) is 4.79 Å². The number of unbranched alkanes of at least 4 members (excludes halogenated alkanes) is 1. The van der Waals surface area contributed by atoms with Crippen molar-refractivity contribution in [2.75, 3.05) is 11.9 Å². The molecule has 0 radical (unpaired) electrons. The van der Waals surface area contributed by atoms with E-state index in [1.165, 1.54) is 18.7 Å². The van der Waals surface area contributed by atoms with E-state index in [0.717, 1.165) is 30.4 Å². The number of aryl methyl sites for hydroxylation is 2. The number of aromatic nitrogens is 2. The second-order valence-corrected chi connectivity index (χ2v) is 6.76. The molecule has 0 aliphatic heterocycles. The van der Waals surface area contributed by atoms with E-state index in [2.05, 4.69) is 49.7 Å². The molecule has 0 aliphatic rings. The molecule has 0 aliphatic carbocycles. The van der Waals surface area contributed by atoms with E-state index < -0.39 is 0 Å². The van der Waals surface area contributed by atoms with Crippen molar-refractivity contribution in [1.29, 1.82) is 0 Å². The fourth-order valence-corrected chi connectivity index (χ4v) is 3.00. The highest BCUT2D eigenvalue weighted by molar-refractivity contribution is 9.09. The van der Waals surface area contributed by atoms with Gasteiger partial charge in [0, 0.05) is 25.2 Å². The van der Waals surface area contributed by atoms with Crippen molar-refractivity contribution >= 4 is 22.0 Å². The normalized spacial score (nSPS) is 10.6. The molecule has 0 atom stereocenters. The Morgan fingerprint density at radius 1 is 1.24 bits per heavy atom. The summed E-state index contributed by atoms with van der Waals surface area (Å²) in [7, 11) is 0. The Morgan fingerprint density at radius 2 is 2.04 bits per heavy atom. The van der Waals surface area contributed by atoms with E-state index in [0.29, 0.717) is 13.2 Å². The molecule has 1 amide bonds. The molecular formula is C19H27BrN3O2+. The number of alkyl halides is 1. The third-order valence-electron chi connectivity index (χ3n) is 4.10. The summed E-state index contributed by atoms with van der Waals surface area (Å²) in [6, 6.07) is 9.69. The zero-order valence-electron chi connectivity index (χ0n) is 14.8. The van der Waals surface area contributed by atoms with Gasteiger partial charge in [0.05, 0.1) is 13.1 Å². The largest absolute Gasteiger partial charge is 0.445 e. The zero-order chi connectivity index (χ0) is 17.9. The second kappa shape index (κ2) is 10.9. The van der Waals surface area contributed by atoms with E-state index in [1.54, 1.807) is 0 Å². The van der Waals surface area contributed by atoms with E-state index >= 15 is 0 Å². The molecule has 0 saturated heterocycles.